The second kappa shape index (κ2) is 16.0. The summed E-state index contributed by atoms with van der Waals surface area (Å²) in [4.78, 5) is -0.162. The summed E-state index contributed by atoms with van der Waals surface area (Å²) in [6.45, 7) is 8.75. The Balaban J connectivity index is 4.30. The van der Waals surface area contributed by atoms with Crippen molar-refractivity contribution in [3.63, 3.8) is 0 Å². The fraction of sp³-hybridized carbons (Fsp3) is 0.714. The van der Waals surface area contributed by atoms with E-state index in [1.807, 2.05) is 0 Å². The molecule has 0 aromatic carbocycles. The average Bonchev–Trinajstić information content (AvgIpc) is 2.57. The first-order chi connectivity index (χ1) is 11.5. The second-order valence-electron chi connectivity index (χ2n) is 4.41. The number of halogens is 3. The van der Waals surface area contributed by atoms with Gasteiger partial charge in [-0.25, -0.2) is 4.57 Å². The van der Waals surface area contributed by atoms with Crippen LogP contribution < -0.4 is 0 Å². The van der Waals surface area contributed by atoms with Crippen LogP contribution in [-0.4, -0.2) is 61.8 Å². The molecule has 0 aliphatic rings. The molecule has 10 heteroatoms. The second-order valence-corrected chi connectivity index (χ2v) is 8.78. The van der Waals surface area contributed by atoms with Gasteiger partial charge >= 0.3 is 7.82 Å². The molecule has 0 radical (unpaired) electrons. The van der Waals surface area contributed by atoms with Crippen molar-refractivity contribution < 1.29 is 27.6 Å². The van der Waals surface area contributed by atoms with E-state index in [0.29, 0.717) is 25.2 Å². The molecular weight excluding hydrogens is 490 g/mol. The van der Waals surface area contributed by atoms with Crippen LogP contribution in [0.3, 0.4) is 0 Å². The van der Waals surface area contributed by atoms with Crippen molar-refractivity contribution in [1.29, 1.82) is 0 Å². The smallest absolute Gasteiger partial charge is 0.376 e. The molecule has 0 amide bonds. The molecule has 142 valence electrons. The van der Waals surface area contributed by atoms with Gasteiger partial charge in [-0.05, 0) is 0 Å². The van der Waals surface area contributed by atoms with Crippen molar-refractivity contribution in [3.8, 4) is 0 Å². The lowest BCUT2D eigenvalue weighted by atomic mass is 10.5. The highest BCUT2D eigenvalue weighted by Crippen LogP contribution is 2.50. The highest BCUT2D eigenvalue weighted by atomic mass is 79.9. The molecule has 0 fully saturated rings. The number of phosphoric ester groups is 1. The van der Waals surface area contributed by atoms with Gasteiger partial charge in [0.25, 0.3) is 0 Å². The lowest BCUT2D eigenvalue weighted by Crippen LogP contribution is -2.19. The normalized spacial score (nSPS) is 16.3. The lowest BCUT2D eigenvalue weighted by molar-refractivity contribution is 0.0932. The van der Waals surface area contributed by atoms with Crippen LogP contribution in [-0.2, 0) is 27.6 Å². The Morgan fingerprint density at radius 2 is 1.58 bits per heavy atom. The van der Waals surface area contributed by atoms with Crippen molar-refractivity contribution in [1.82, 2.24) is 0 Å². The minimum atomic E-state index is -3.72. The van der Waals surface area contributed by atoms with E-state index < -0.39 is 13.2 Å². The van der Waals surface area contributed by atoms with Crippen LogP contribution in [0.4, 0.5) is 0 Å². The Bertz CT molecular complexity index is 360. The van der Waals surface area contributed by atoms with Crippen molar-refractivity contribution in [2.24, 2.45) is 0 Å². The van der Waals surface area contributed by atoms with Gasteiger partial charge in [-0.3, -0.25) is 13.6 Å². The van der Waals surface area contributed by atoms with E-state index in [0.717, 1.165) is 0 Å². The summed E-state index contributed by atoms with van der Waals surface area (Å²) in [7, 11) is -3.72. The number of ether oxygens (including phenoxy) is 2. The van der Waals surface area contributed by atoms with Gasteiger partial charge in [-0.1, -0.05) is 44.0 Å². The monoisotopic (exact) mass is 512 g/mol. The minimum absolute atomic E-state index is 0.0296. The van der Waals surface area contributed by atoms with Gasteiger partial charge in [0.15, 0.2) is 0 Å². The molecule has 0 heterocycles. The molecular formula is C14H24Br2ClO6P. The number of hydrogen-bond donors (Lipinski definition) is 0. The summed E-state index contributed by atoms with van der Waals surface area (Å²) < 4.78 is 38.8. The third-order valence-electron chi connectivity index (χ3n) is 2.22. The van der Waals surface area contributed by atoms with Crippen LogP contribution in [0.5, 0.6) is 0 Å². The molecule has 0 aromatic heterocycles. The Morgan fingerprint density at radius 3 is 2.17 bits per heavy atom. The Labute approximate surface area is 165 Å². The van der Waals surface area contributed by atoms with Gasteiger partial charge in [-0.15, -0.1) is 24.8 Å². The van der Waals surface area contributed by atoms with Crippen LogP contribution in [0, 0.1) is 0 Å². The first-order valence-electron chi connectivity index (χ1n) is 7.22. The van der Waals surface area contributed by atoms with Crippen LogP contribution in [0.1, 0.15) is 0 Å². The van der Waals surface area contributed by atoms with Crippen LogP contribution in [0.15, 0.2) is 25.3 Å². The molecule has 0 aromatic rings. The van der Waals surface area contributed by atoms with Gasteiger partial charge in [0, 0.05) is 5.33 Å². The van der Waals surface area contributed by atoms with Crippen molar-refractivity contribution in [2.45, 2.75) is 10.2 Å². The average molecular weight is 515 g/mol. The lowest BCUT2D eigenvalue weighted by Gasteiger charge is -2.20. The Kier molecular flexibility index (Phi) is 16.5. The Hall–Kier alpha value is 0.760. The topological polar surface area (TPSA) is 63.2 Å². The van der Waals surface area contributed by atoms with E-state index in [-0.39, 0.29) is 31.3 Å². The standard InChI is InChI=1S/C14H24Br2ClO6P/c1-3-6-19-9-13(16)10-22-24(18,21-8-5-15)23-12-14(17)11-20-7-4-2/h3-4,13-14H,1-2,5-12H2. The molecule has 0 bridgehead atoms. The van der Waals surface area contributed by atoms with E-state index in [9.17, 15) is 4.57 Å². The molecule has 0 rings (SSSR count). The molecule has 0 saturated heterocycles. The van der Waals surface area contributed by atoms with Gasteiger partial charge in [-0.2, -0.15) is 0 Å². The van der Waals surface area contributed by atoms with Crippen molar-refractivity contribution in [2.75, 3.05) is 51.6 Å². The van der Waals surface area contributed by atoms with Gasteiger partial charge < -0.3 is 9.47 Å². The summed E-state index contributed by atoms with van der Waals surface area (Å²) in [5, 5.41) is 0.0153. The van der Waals surface area contributed by atoms with Gasteiger partial charge in [0.05, 0.1) is 56.5 Å². The highest BCUT2D eigenvalue weighted by molar-refractivity contribution is 9.09. The molecule has 0 aliphatic heterocycles. The molecule has 3 atom stereocenters. The molecule has 3 unspecified atom stereocenters. The van der Waals surface area contributed by atoms with Crippen molar-refractivity contribution >= 4 is 51.3 Å². The zero-order valence-electron chi connectivity index (χ0n) is 13.4. The SMILES string of the molecule is C=CCOCC(Cl)COP(=O)(OCCBr)OCC(Br)COCC=C. The predicted molar refractivity (Wildman–Crippen MR) is 104 cm³/mol. The van der Waals surface area contributed by atoms with Crippen molar-refractivity contribution in [3.05, 3.63) is 25.3 Å². The summed E-state index contributed by atoms with van der Waals surface area (Å²) in [6.07, 6.45) is 3.25. The summed E-state index contributed by atoms with van der Waals surface area (Å²) >= 11 is 12.6. The number of hydrogen-bond acceptors (Lipinski definition) is 6. The number of alkyl halides is 3. The third-order valence-corrected chi connectivity index (χ3v) is 4.76. The van der Waals surface area contributed by atoms with Gasteiger partial charge in [0.2, 0.25) is 0 Å². The molecule has 0 N–H and O–H groups in total. The van der Waals surface area contributed by atoms with E-state index in [1.165, 1.54) is 0 Å². The fourth-order valence-electron chi connectivity index (χ4n) is 1.26. The molecule has 0 spiro atoms. The zero-order valence-corrected chi connectivity index (χ0v) is 18.2. The van der Waals surface area contributed by atoms with Crippen LogP contribution in [0.25, 0.3) is 0 Å². The van der Waals surface area contributed by atoms with E-state index in [1.54, 1.807) is 12.2 Å². The minimum Gasteiger partial charge on any atom is -0.376 e. The predicted octanol–water partition coefficient (Wildman–Crippen LogP) is 4.32. The zero-order chi connectivity index (χ0) is 18.3. The molecule has 0 saturated carbocycles. The Morgan fingerprint density at radius 1 is 1.00 bits per heavy atom. The maximum Gasteiger partial charge on any atom is 0.474 e. The number of rotatable bonds is 17. The summed E-state index contributed by atoms with van der Waals surface area (Å²) in [5.74, 6) is 0. The van der Waals surface area contributed by atoms with E-state index >= 15 is 0 Å². The highest BCUT2D eigenvalue weighted by Gasteiger charge is 2.29. The number of phosphoric acid groups is 1. The summed E-state index contributed by atoms with van der Waals surface area (Å²) in [6, 6.07) is 0. The maximum absolute atomic E-state index is 12.6. The van der Waals surface area contributed by atoms with E-state index in [4.69, 9.17) is 34.6 Å². The third kappa shape index (κ3) is 14.0. The maximum atomic E-state index is 12.6. The summed E-state index contributed by atoms with van der Waals surface area (Å²) in [5.41, 5.74) is 0. The molecule has 24 heavy (non-hydrogen) atoms. The molecule has 0 aliphatic carbocycles. The van der Waals surface area contributed by atoms with Gasteiger partial charge in [0.1, 0.15) is 0 Å². The first-order valence-corrected chi connectivity index (χ1v) is 11.2. The largest absolute Gasteiger partial charge is 0.474 e. The first kappa shape index (κ1) is 24.8. The van der Waals surface area contributed by atoms with E-state index in [2.05, 4.69) is 45.0 Å². The quantitative estimate of drug-likeness (QED) is 0.125. The fourth-order valence-corrected chi connectivity index (χ4v) is 3.70. The van der Waals surface area contributed by atoms with Crippen LogP contribution in [0.2, 0.25) is 0 Å². The molecule has 6 nitrogen and oxygen atoms in total. The van der Waals surface area contributed by atoms with Crippen LogP contribution >= 0.6 is 51.3 Å².